The molecule has 2 rings (SSSR count). The number of hydrogen-bond acceptors (Lipinski definition) is 4. The Balaban J connectivity index is 2.11. The molecular formula is C20H21F3N2O3. The molecule has 0 saturated carbocycles. The largest absolute Gasteiger partial charge is 0.416 e. The van der Waals surface area contributed by atoms with E-state index in [1.54, 1.807) is 31.2 Å². The number of oxime groups is 1. The predicted molar refractivity (Wildman–Crippen MR) is 98.7 cm³/mol. The molecule has 1 atom stereocenters. The van der Waals surface area contributed by atoms with E-state index in [0.717, 1.165) is 12.1 Å². The minimum Gasteiger partial charge on any atom is -0.391 e. The van der Waals surface area contributed by atoms with Crippen molar-refractivity contribution in [2.75, 3.05) is 14.2 Å². The summed E-state index contributed by atoms with van der Waals surface area (Å²) >= 11 is 0. The highest BCUT2D eigenvalue weighted by Crippen LogP contribution is 2.29. The highest BCUT2D eigenvalue weighted by Gasteiger charge is 2.30. The minimum atomic E-state index is -4.38. The molecule has 0 radical (unpaired) electrons. The molecule has 8 heteroatoms. The molecule has 0 aliphatic rings. The van der Waals surface area contributed by atoms with Crippen molar-refractivity contribution < 1.29 is 27.5 Å². The number of hydrogen-bond donors (Lipinski definition) is 1. The molecule has 150 valence electrons. The lowest BCUT2D eigenvalue weighted by molar-refractivity contribution is -0.137. The topological polar surface area (TPSA) is 59.9 Å². The average molecular weight is 394 g/mol. The molecule has 5 nitrogen and oxygen atoms in total. The maximum Gasteiger partial charge on any atom is 0.416 e. The van der Waals surface area contributed by atoms with Gasteiger partial charge in [-0.2, -0.15) is 13.2 Å². The molecule has 0 aromatic heterocycles. The van der Waals surface area contributed by atoms with Crippen molar-refractivity contribution in [1.82, 2.24) is 5.32 Å². The summed E-state index contributed by atoms with van der Waals surface area (Å²) in [6, 6.07) is 11.8. The van der Waals surface area contributed by atoms with Gasteiger partial charge in [0.2, 0.25) is 0 Å². The molecule has 2 aromatic rings. The van der Waals surface area contributed by atoms with Crippen LogP contribution in [-0.4, -0.2) is 25.8 Å². The third-order valence-electron chi connectivity index (χ3n) is 4.11. The number of halogens is 3. The van der Waals surface area contributed by atoms with Crippen molar-refractivity contribution in [2.45, 2.75) is 25.8 Å². The molecule has 2 aromatic carbocycles. The van der Waals surface area contributed by atoms with E-state index < -0.39 is 17.8 Å². The molecule has 0 fully saturated rings. The van der Waals surface area contributed by atoms with Crippen LogP contribution in [0.5, 0.6) is 0 Å². The number of alkyl halides is 3. The van der Waals surface area contributed by atoms with Gasteiger partial charge in [0, 0.05) is 14.2 Å². The van der Waals surface area contributed by atoms with Crippen LogP contribution in [0.4, 0.5) is 13.2 Å². The van der Waals surface area contributed by atoms with Crippen LogP contribution in [0.3, 0.4) is 0 Å². The summed E-state index contributed by atoms with van der Waals surface area (Å²) in [6.07, 6.45) is -5.17. The summed E-state index contributed by atoms with van der Waals surface area (Å²) in [5.41, 5.74) is 1.58. The second kappa shape index (κ2) is 9.36. The summed E-state index contributed by atoms with van der Waals surface area (Å²) in [4.78, 5) is 17.3. The fraction of sp³-hybridized carbons (Fsp3) is 0.300. The zero-order valence-corrected chi connectivity index (χ0v) is 15.7. The molecular weight excluding hydrogens is 373 g/mol. The van der Waals surface area contributed by atoms with Gasteiger partial charge in [-0.25, -0.2) is 0 Å². The SMILES string of the molecule is CNC(=O)C(OC)c1ccccc1CO/N=C(\C)c1ccc(C(F)(F)F)cc1. The Morgan fingerprint density at radius 1 is 1.14 bits per heavy atom. The van der Waals surface area contributed by atoms with Crippen LogP contribution in [0.2, 0.25) is 0 Å². The number of benzene rings is 2. The molecule has 0 aliphatic heterocycles. The number of ether oxygens (including phenoxy) is 1. The van der Waals surface area contributed by atoms with Crippen molar-refractivity contribution in [3.63, 3.8) is 0 Å². The van der Waals surface area contributed by atoms with Crippen molar-refractivity contribution >= 4 is 11.6 Å². The maximum absolute atomic E-state index is 12.6. The van der Waals surface area contributed by atoms with Crippen LogP contribution >= 0.6 is 0 Å². The van der Waals surface area contributed by atoms with E-state index in [9.17, 15) is 18.0 Å². The Morgan fingerprint density at radius 2 is 1.79 bits per heavy atom. The number of amides is 1. The fourth-order valence-corrected chi connectivity index (χ4v) is 2.58. The molecule has 0 spiro atoms. The number of nitrogens with one attached hydrogen (secondary N) is 1. The van der Waals surface area contributed by atoms with Crippen LogP contribution in [0.1, 0.15) is 35.3 Å². The first-order valence-corrected chi connectivity index (χ1v) is 8.44. The number of rotatable bonds is 7. The van der Waals surface area contributed by atoms with Gasteiger partial charge < -0.3 is 14.9 Å². The van der Waals surface area contributed by atoms with Crippen LogP contribution < -0.4 is 5.32 Å². The summed E-state index contributed by atoms with van der Waals surface area (Å²) in [5, 5.41) is 6.51. The summed E-state index contributed by atoms with van der Waals surface area (Å²) < 4.78 is 43.2. The minimum absolute atomic E-state index is 0.0744. The monoisotopic (exact) mass is 394 g/mol. The zero-order chi connectivity index (χ0) is 20.7. The van der Waals surface area contributed by atoms with Gasteiger partial charge in [0.25, 0.3) is 5.91 Å². The summed E-state index contributed by atoms with van der Waals surface area (Å²) in [5.74, 6) is -0.292. The van der Waals surface area contributed by atoms with E-state index in [1.807, 2.05) is 0 Å². The second-order valence-corrected chi connectivity index (χ2v) is 5.95. The van der Waals surface area contributed by atoms with E-state index >= 15 is 0 Å². The quantitative estimate of drug-likeness (QED) is 0.569. The van der Waals surface area contributed by atoms with Crippen molar-refractivity contribution in [3.05, 3.63) is 70.8 Å². The Labute approximate surface area is 161 Å². The van der Waals surface area contributed by atoms with Crippen LogP contribution in [0.15, 0.2) is 53.7 Å². The van der Waals surface area contributed by atoms with E-state index in [0.29, 0.717) is 22.4 Å². The molecule has 28 heavy (non-hydrogen) atoms. The van der Waals surface area contributed by atoms with Crippen LogP contribution in [0, 0.1) is 0 Å². The Morgan fingerprint density at radius 3 is 2.36 bits per heavy atom. The van der Waals surface area contributed by atoms with Gasteiger partial charge >= 0.3 is 6.18 Å². The number of likely N-dealkylation sites (N-methyl/N-ethyl adjacent to an activating group) is 1. The van der Waals surface area contributed by atoms with E-state index in [1.165, 1.54) is 26.3 Å². The Bertz CT molecular complexity index is 833. The van der Waals surface area contributed by atoms with Crippen molar-refractivity contribution in [1.29, 1.82) is 0 Å². The third-order valence-corrected chi connectivity index (χ3v) is 4.11. The summed E-state index contributed by atoms with van der Waals surface area (Å²) in [6.45, 7) is 1.71. The molecule has 0 saturated heterocycles. The highest BCUT2D eigenvalue weighted by atomic mass is 19.4. The van der Waals surface area contributed by atoms with Gasteiger partial charge in [0.05, 0.1) is 11.3 Å². The van der Waals surface area contributed by atoms with Gasteiger partial charge in [-0.1, -0.05) is 41.6 Å². The van der Waals surface area contributed by atoms with Crippen molar-refractivity contribution in [3.8, 4) is 0 Å². The second-order valence-electron chi connectivity index (χ2n) is 5.95. The van der Waals surface area contributed by atoms with E-state index in [4.69, 9.17) is 9.57 Å². The Kier molecular flexibility index (Phi) is 7.17. The molecule has 1 N–H and O–H groups in total. The van der Waals surface area contributed by atoms with Crippen molar-refractivity contribution in [2.24, 2.45) is 5.16 Å². The average Bonchev–Trinajstić information content (AvgIpc) is 2.68. The third kappa shape index (κ3) is 5.32. The first kappa shape index (κ1) is 21.4. The fourth-order valence-electron chi connectivity index (χ4n) is 2.58. The molecule has 0 bridgehead atoms. The van der Waals surface area contributed by atoms with Gasteiger partial charge in [-0.15, -0.1) is 0 Å². The molecule has 1 unspecified atom stereocenters. The smallest absolute Gasteiger partial charge is 0.391 e. The molecule has 1 amide bonds. The normalized spacial score (nSPS) is 13.1. The zero-order valence-electron chi connectivity index (χ0n) is 15.7. The lowest BCUT2D eigenvalue weighted by Crippen LogP contribution is -2.27. The van der Waals surface area contributed by atoms with E-state index in [-0.39, 0.29) is 12.5 Å². The van der Waals surface area contributed by atoms with Gasteiger partial charge in [0.15, 0.2) is 6.10 Å². The maximum atomic E-state index is 12.6. The van der Waals surface area contributed by atoms with Gasteiger partial charge in [-0.05, 0) is 35.7 Å². The van der Waals surface area contributed by atoms with Crippen LogP contribution in [-0.2, 0) is 27.2 Å². The number of nitrogens with zero attached hydrogens (tertiary/aromatic N) is 1. The number of carbonyl (C=O) groups is 1. The first-order chi connectivity index (χ1) is 13.3. The standard InChI is InChI=1S/C20H21F3N2O3/c1-13(14-8-10-16(11-9-14)20(21,22)23)25-28-12-15-6-4-5-7-17(15)18(27-3)19(26)24-2/h4-11,18H,12H2,1-3H3,(H,24,26)/b25-13+. The first-order valence-electron chi connectivity index (χ1n) is 8.44. The Hall–Kier alpha value is -2.87. The predicted octanol–water partition coefficient (Wildman–Crippen LogP) is 4.08. The lowest BCUT2D eigenvalue weighted by atomic mass is 10.0. The lowest BCUT2D eigenvalue weighted by Gasteiger charge is -2.17. The number of methoxy groups -OCH3 is 1. The van der Waals surface area contributed by atoms with Crippen LogP contribution in [0.25, 0.3) is 0 Å². The summed E-state index contributed by atoms with van der Waals surface area (Å²) in [7, 11) is 2.95. The molecule has 0 heterocycles. The molecule has 0 aliphatic carbocycles. The number of carbonyl (C=O) groups excluding carboxylic acids is 1. The van der Waals surface area contributed by atoms with Gasteiger partial charge in [0.1, 0.15) is 6.61 Å². The highest BCUT2D eigenvalue weighted by molar-refractivity contribution is 5.98. The van der Waals surface area contributed by atoms with E-state index in [2.05, 4.69) is 10.5 Å². The van der Waals surface area contributed by atoms with Gasteiger partial charge in [-0.3, -0.25) is 4.79 Å².